The van der Waals surface area contributed by atoms with Crippen LogP contribution < -0.4 is 5.32 Å². The topological polar surface area (TPSA) is 98.0 Å². The number of carbonyl (C=O) groups is 2. The number of fused-ring (bicyclic) bond motifs is 2. The Labute approximate surface area is 180 Å². The molecule has 0 bridgehead atoms. The zero-order valence-electron chi connectivity index (χ0n) is 15.7. The Bertz CT molecular complexity index is 1200. The van der Waals surface area contributed by atoms with E-state index in [0.29, 0.717) is 24.1 Å². The molecule has 1 atom stereocenters. The molecular weight excluding hydrogens is 420 g/mol. The van der Waals surface area contributed by atoms with Crippen molar-refractivity contribution in [1.29, 1.82) is 0 Å². The number of ketones is 1. The number of thiazole rings is 1. The highest BCUT2D eigenvalue weighted by Crippen LogP contribution is 2.32. The van der Waals surface area contributed by atoms with E-state index in [4.69, 9.17) is 4.42 Å². The van der Waals surface area contributed by atoms with Crippen LogP contribution in [0.3, 0.4) is 0 Å². The largest absolute Gasteiger partial charge is 0.469 e. The molecule has 0 unspecified atom stereocenters. The number of amides is 1. The van der Waals surface area contributed by atoms with E-state index < -0.39 is 0 Å². The van der Waals surface area contributed by atoms with Crippen LogP contribution in [0.15, 0.2) is 57.6 Å². The molecule has 4 aromatic rings. The average Bonchev–Trinajstić information content (AvgIpc) is 3.41. The molecule has 1 N–H and O–H groups in total. The Kier molecular flexibility index (Phi) is 5.06. The van der Waals surface area contributed by atoms with Crippen LogP contribution in [0.5, 0.6) is 0 Å². The number of hydrogen-bond donors (Lipinski definition) is 1. The first-order valence-electron chi connectivity index (χ1n) is 9.36. The van der Waals surface area contributed by atoms with Crippen LogP contribution in [0.4, 0.5) is 5.95 Å². The van der Waals surface area contributed by atoms with Crippen LogP contribution in [-0.2, 0) is 11.2 Å². The average molecular weight is 437 g/mol. The molecule has 0 saturated heterocycles. The Morgan fingerprint density at radius 3 is 2.93 bits per heavy atom. The second kappa shape index (κ2) is 8.00. The van der Waals surface area contributed by atoms with E-state index in [2.05, 4.69) is 20.3 Å². The molecule has 0 spiro atoms. The number of anilines is 1. The third-order valence-electron chi connectivity index (χ3n) is 4.84. The van der Waals surface area contributed by atoms with Crippen LogP contribution in [0.2, 0.25) is 0 Å². The highest BCUT2D eigenvalue weighted by Gasteiger charge is 2.29. The van der Waals surface area contributed by atoms with E-state index in [9.17, 15) is 9.59 Å². The molecule has 0 fully saturated rings. The lowest BCUT2D eigenvalue weighted by atomic mass is 9.85. The molecule has 3 aromatic heterocycles. The lowest BCUT2D eigenvalue weighted by Gasteiger charge is -2.21. The third-order valence-corrected chi connectivity index (χ3v) is 7.02. The molecule has 0 radical (unpaired) electrons. The molecule has 0 saturated carbocycles. The number of Topliss-reactive ketones (excluding diaryl/α,β-unsaturated/α-hetero) is 1. The fourth-order valence-electron chi connectivity index (χ4n) is 3.43. The summed E-state index contributed by atoms with van der Waals surface area (Å²) < 4.78 is 7.38. The van der Waals surface area contributed by atoms with Crippen molar-refractivity contribution in [1.82, 2.24) is 15.0 Å². The first-order chi connectivity index (χ1) is 14.7. The van der Waals surface area contributed by atoms with Gasteiger partial charge in [0.25, 0.3) is 0 Å². The Hall–Kier alpha value is -3.04. The number of furan rings is 1. The van der Waals surface area contributed by atoms with E-state index in [0.717, 1.165) is 20.3 Å². The monoisotopic (exact) mass is 436 g/mol. The number of nitrogens with zero attached hydrogens (tertiary/aromatic N) is 3. The van der Waals surface area contributed by atoms with Crippen molar-refractivity contribution in [3.63, 3.8) is 0 Å². The molecule has 7 nitrogen and oxygen atoms in total. The van der Waals surface area contributed by atoms with Crippen molar-refractivity contribution < 1.29 is 14.0 Å². The third kappa shape index (κ3) is 3.86. The standard InChI is InChI=1S/C21H16N4O3S2/c26-16-9-12(17-5-3-7-28-17)8-15-13(16)10-22-20(23-15)25-19(27)11-29-21-24-14-4-1-2-6-18(14)30-21/h1-7,10,12H,8-9,11H2,(H,22,23,25,27)/t12-/m1/s1. The molecule has 0 aliphatic heterocycles. The second-order valence-electron chi connectivity index (χ2n) is 6.88. The highest BCUT2D eigenvalue weighted by molar-refractivity contribution is 8.01. The summed E-state index contributed by atoms with van der Waals surface area (Å²) in [5.74, 6) is 0.898. The van der Waals surface area contributed by atoms with Gasteiger partial charge in [0, 0.05) is 25.0 Å². The van der Waals surface area contributed by atoms with Crippen molar-refractivity contribution in [3.05, 3.63) is 65.9 Å². The lowest BCUT2D eigenvalue weighted by Crippen LogP contribution is -2.22. The number of nitrogens with one attached hydrogen (secondary N) is 1. The van der Waals surface area contributed by atoms with Gasteiger partial charge in [-0.25, -0.2) is 15.0 Å². The van der Waals surface area contributed by atoms with Crippen molar-refractivity contribution in [3.8, 4) is 0 Å². The number of benzene rings is 1. The Morgan fingerprint density at radius 2 is 2.10 bits per heavy atom. The predicted octanol–water partition coefficient (Wildman–Crippen LogP) is 4.32. The summed E-state index contributed by atoms with van der Waals surface area (Å²) in [6, 6.07) is 11.5. The van der Waals surface area contributed by atoms with Crippen LogP contribution in [0.25, 0.3) is 10.2 Å². The van der Waals surface area contributed by atoms with Gasteiger partial charge in [-0.2, -0.15) is 0 Å². The van der Waals surface area contributed by atoms with Gasteiger partial charge >= 0.3 is 0 Å². The van der Waals surface area contributed by atoms with Gasteiger partial charge in [-0.3, -0.25) is 14.9 Å². The number of hydrogen-bond acceptors (Lipinski definition) is 8. The summed E-state index contributed by atoms with van der Waals surface area (Å²) in [6.07, 6.45) is 4.04. The van der Waals surface area contributed by atoms with Crippen LogP contribution in [-0.4, -0.2) is 32.4 Å². The number of carbonyl (C=O) groups excluding carboxylic acids is 2. The SMILES string of the molecule is O=C(CSc1nc2ccccc2s1)Nc1ncc2c(n1)C[C@@H](c1ccco1)CC2=O. The van der Waals surface area contributed by atoms with Crippen molar-refractivity contribution >= 4 is 51.0 Å². The molecule has 5 rings (SSSR count). The zero-order valence-corrected chi connectivity index (χ0v) is 17.3. The molecule has 9 heteroatoms. The summed E-state index contributed by atoms with van der Waals surface area (Å²) in [4.78, 5) is 37.9. The van der Waals surface area contributed by atoms with Gasteiger partial charge in [0.05, 0.1) is 33.5 Å². The molecule has 1 aromatic carbocycles. The quantitative estimate of drug-likeness (QED) is 0.465. The van der Waals surface area contributed by atoms with E-state index >= 15 is 0 Å². The van der Waals surface area contributed by atoms with Gasteiger partial charge in [-0.15, -0.1) is 11.3 Å². The van der Waals surface area contributed by atoms with E-state index in [1.54, 1.807) is 17.6 Å². The minimum Gasteiger partial charge on any atom is -0.469 e. The molecule has 150 valence electrons. The zero-order chi connectivity index (χ0) is 20.5. The van der Waals surface area contributed by atoms with Crippen molar-refractivity contribution in [2.75, 3.05) is 11.1 Å². The van der Waals surface area contributed by atoms with Crippen LogP contribution in [0.1, 0.15) is 34.2 Å². The van der Waals surface area contributed by atoms with Gasteiger partial charge in [0.15, 0.2) is 10.1 Å². The lowest BCUT2D eigenvalue weighted by molar-refractivity contribution is -0.113. The smallest absolute Gasteiger partial charge is 0.237 e. The van der Waals surface area contributed by atoms with E-state index in [-0.39, 0.29) is 29.3 Å². The fraction of sp³-hybridized carbons (Fsp3) is 0.190. The second-order valence-corrected chi connectivity index (χ2v) is 9.14. The minimum absolute atomic E-state index is 0.0121. The maximum Gasteiger partial charge on any atom is 0.237 e. The van der Waals surface area contributed by atoms with E-state index in [1.807, 2.05) is 36.4 Å². The minimum atomic E-state index is -0.219. The van der Waals surface area contributed by atoms with Crippen molar-refractivity contribution in [2.24, 2.45) is 0 Å². The van der Waals surface area contributed by atoms with Gasteiger partial charge in [0.1, 0.15) is 5.76 Å². The predicted molar refractivity (Wildman–Crippen MR) is 115 cm³/mol. The summed E-state index contributed by atoms with van der Waals surface area (Å²) in [7, 11) is 0. The summed E-state index contributed by atoms with van der Waals surface area (Å²) in [5, 5.41) is 2.72. The van der Waals surface area contributed by atoms with Gasteiger partial charge < -0.3 is 4.42 Å². The van der Waals surface area contributed by atoms with Gasteiger partial charge in [-0.05, 0) is 24.3 Å². The summed E-state index contributed by atoms with van der Waals surface area (Å²) in [6.45, 7) is 0. The maximum absolute atomic E-state index is 12.4. The number of thioether (sulfide) groups is 1. The van der Waals surface area contributed by atoms with Gasteiger partial charge in [-0.1, -0.05) is 23.9 Å². The molecular formula is C21H16N4O3S2. The molecule has 30 heavy (non-hydrogen) atoms. The summed E-state index contributed by atoms with van der Waals surface area (Å²) in [5.41, 5.74) is 2.08. The normalized spacial score (nSPS) is 15.9. The van der Waals surface area contributed by atoms with Crippen molar-refractivity contribution in [2.45, 2.75) is 23.1 Å². The molecule has 1 aliphatic carbocycles. The maximum atomic E-state index is 12.4. The Balaban J connectivity index is 1.25. The number of aromatic nitrogens is 3. The van der Waals surface area contributed by atoms with Gasteiger partial charge in [0.2, 0.25) is 11.9 Å². The molecule has 1 amide bonds. The summed E-state index contributed by atoms with van der Waals surface area (Å²) >= 11 is 2.93. The number of para-hydroxylation sites is 1. The molecule has 3 heterocycles. The first kappa shape index (κ1) is 19.0. The Morgan fingerprint density at radius 1 is 1.20 bits per heavy atom. The van der Waals surface area contributed by atoms with Crippen LogP contribution in [0, 0.1) is 0 Å². The first-order valence-corrected chi connectivity index (χ1v) is 11.2. The van der Waals surface area contributed by atoms with E-state index in [1.165, 1.54) is 18.0 Å². The molecule has 1 aliphatic rings. The van der Waals surface area contributed by atoms with Crippen LogP contribution >= 0.6 is 23.1 Å². The fourth-order valence-corrected chi connectivity index (χ4v) is 5.30. The highest BCUT2D eigenvalue weighted by atomic mass is 32.2. The number of rotatable bonds is 5.